The number of alkyl halides is 12. The number of nitrogens with two attached hydrogens (primary N) is 1. The van der Waals surface area contributed by atoms with E-state index in [1.165, 1.54) is 0 Å². The number of rotatable bonds is 2. The third kappa shape index (κ3) is 5.29. The second kappa shape index (κ2) is 7.25. The Morgan fingerprint density at radius 1 is 0.433 bits per heavy atom. The maximum atomic E-state index is 12.9. The summed E-state index contributed by atoms with van der Waals surface area (Å²) in [5.74, 6) is 5.33. The van der Waals surface area contributed by atoms with Crippen LogP contribution in [0.5, 0.6) is 0 Å². The lowest BCUT2D eigenvalue weighted by atomic mass is 10.1. The maximum Gasteiger partial charge on any atom is 0.416 e. The van der Waals surface area contributed by atoms with Crippen molar-refractivity contribution >= 4 is 11.4 Å². The molecule has 2 nitrogen and oxygen atoms in total. The molecular formula is C16H8F12N2. The fraction of sp³-hybridized carbons (Fsp3) is 0.250. The van der Waals surface area contributed by atoms with E-state index in [9.17, 15) is 52.7 Å². The van der Waals surface area contributed by atoms with Gasteiger partial charge in [-0.1, -0.05) is 0 Å². The minimum Gasteiger partial charge on any atom is -0.280 e. The molecule has 0 unspecified atom stereocenters. The van der Waals surface area contributed by atoms with Crippen LogP contribution in [0.2, 0.25) is 0 Å². The summed E-state index contributed by atoms with van der Waals surface area (Å²) in [5, 5.41) is -0.130. The standard InChI is InChI=1S/C16H8F12N2/c17-13(18,19)7-1-8(14(20,21)22)4-11(3-7)30(29)12-5-9(15(23,24)25)2-10(6-12)16(26,27)28/h1-6H,29H2. The Morgan fingerprint density at radius 3 is 0.800 bits per heavy atom. The molecule has 0 aliphatic heterocycles. The zero-order valence-corrected chi connectivity index (χ0v) is 14.0. The van der Waals surface area contributed by atoms with Gasteiger partial charge in [0.15, 0.2) is 0 Å². The number of benzene rings is 2. The minimum absolute atomic E-state index is 0.0583. The molecule has 0 spiro atoms. The van der Waals surface area contributed by atoms with Crippen LogP contribution in [-0.2, 0) is 24.7 Å². The first-order valence-electron chi connectivity index (χ1n) is 7.44. The van der Waals surface area contributed by atoms with Crippen LogP contribution in [0.25, 0.3) is 0 Å². The molecule has 0 aliphatic rings. The minimum atomic E-state index is -5.30. The van der Waals surface area contributed by atoms with Crippen LogP contribution in [0.3, 0.4) is 0 Å². The predicted octanol–water partition coefficient (Wildman–Crippen LogP) is 6.77. The Morgan fingerprint density at radius 2 is 0.633 bits per heavy atom. The average molecular weight is 456 g/mol. The van der Waals surface area contributed by atoms with Crippen LogP contribution in [0, 0.1) is 0 Å². The Balaban J connectivity index is 2.72. The molecular weight excluding hydrogens is 448 g/mol. The first kappa shape index (κ1) is 23.6. The molecule has 0 fully saturated rings. The molecule has 30 heavy (non-hydrogen) atoms. The molecule has 2 aromatic rings. The van der Waals surface area contributed by atoms with Gasteiger partial charge in [0, 0.05) is 0 Å². The van der Waals surface area contributed by atoms with Crippen molar-refractivity contribution in [1.82, 2.24) is 0 Å². The highest BCUT2D eigenvalue weighted by Crippen LogP contribution is 2.42. The summed E-state index contributed by atoms with van der Waals surface area (Å²) in [6, 6.07) is -0.313. The van der Waals surface area contributed by atoms with E-state index in [0.717, 1.165) is 0 Å². The van der Waals surface area contributed by atoms with Crippen LogP contribution in [0.4, 0.5) is 64.1 Å². The lowest BCUT2D eigenvalue weighted by Crippen LogP contribution is -2.27. The second-order valence-corrected chi connectivity index (χ2v) is 5.90. The van der Waals surface area contributed by atoms with E-state index in [-0.39, 0.29) is 41.4 Å². The Labute approximate surface area is 159 Å². The topological polar surface area (TPSA) is 29.3 Å². The summed E-state index contributed by atoms with van der Waals surface area (Å²) in [6.45, 7) is 0. The molecule has 0 aliphatic carbocycles. The van der Waals surface area contributed by atoms with Gasteiger partial charge in [0.2, 0.25) is 0 Å². The lowest BCUT2D eigenvalue weighted by Gasteiger charge is -2.24. The molecule has 2 rings (SSSR count). The van der Waals surface area contributed by atoms with Gasteiger partial charge in [-0.2, -0.15) is 52.7 Å². The summed E-state index contributed by atoms with van der Waals surface area (Å²) >= 11 is 0. The zero-order chi connectivity index (χ0) is 23.3. The summed E-state index contributed by atoms with van der Waals surface area (Å²) in [7, 11) is 0. The van der Waals surface area contributed by atoms with Crippen molar-refractivity contribution in [3.63, 3.8) is 0 Å². The Kier molecular flexibility index (Phi) is 5.71. The van der Waals surface area contributed by atoms with E-state index in [2.05, 4.69) is 0 Å². The fourth-order valence-corrected chi connectivity index (χ4v) is 2.30. The first-order valence-corrected chi connectivity index (χ1v) is 7.44. The summed E-state index contributed by atoms with van der Waals surface area (Å²) in [5.41, 5.74) is -9.69. The summed E-state index contributed by atoms with van der Waals surface area (Å²) in [6.07, 6.45) is -21.2. The van der Waals surface area contributed by atoms with E-state index < -0.39 is 58.3 Å². The lowest BCUT2D eigenvalue weighted by molar-refractivity contribution is -0.144. The second-order valence-electron chi connectivity index (χ2n) is 5.90. The van der Waals surface area contributed by atoms with Gasteiger partial charge in [-0.05, 0) is 36.4 Å². The van der Waals surface area contributed by atoms with Gasteiger partial charge in [0.25, 0.3) is 0 Å². The number of halogens is 12. The molecule has 2 aromatic carbocycles. The predicted molar refractivity (Wildman–Crippen MR) is 79.2 cm³/mol. The van der Waals surface area contributed by atoms with Crippen molar-refractivity contribution in [3.05, 3.63) is 58.7 Å². The molecule has 14 heteroatoms. The van der Waals surface area contributed by atoms with E-state index in [1.54, 1.807) is 0 Å². The van der Waals surface area contributed by atoms with Gasteiger partial charge in [0.05, 0.1) is 33.6 Å². The van der Waals surface area contributed by atoms with E-state index >= 15 is 0 Å². The van der Waals surface area contributed by atoms with Crippen LogP contribution in [0.1, 0.15) is 22.3 Å². The summed E-state index contributed by atoms with van der Waals surface area (Å²) in [4.78, 5) is 0. The Bertz CT molecular complexity index is 782. The summed E-state index contributed by atoms with van der Waals surface area (Å²) < 4.78 is 155. The van der Waals surface area contributed by atoms with Crippen LogP contribution in [-0.4, -0.2) is 0 Å². The number of anilines is 2. The van der Waals surface area contributed by atoms with Gasteiger partial charge in [-0.3, -0.25) is 5.01 Å². The van der Waals surface area contributed by atoms with Gasteiger partial charge in [-0.15, -0.1) is 0 Å². The van der Waals surface area contributed by atoms with Gasteiger partial charge < -0.3 is 0 Å². The number of hydrazine groups is 1. The highest BCUT2D eigenvalue weighted by molar-refractivity contribution is 5.65. The molecule has 0 saturated heterocycles. The number of hydrogen-bond donors (Lipinski definition) is 1. The average Bonchev–Trinajstić information content (AvgIpc) is 2.57. The number of nitrogens with zero attached hydrogens (tertiary/aromatic N) is 1. The smallest absolute Gasteiger partial charge is 0.280 e. The van der Waals surface area contributed by atoms with Crippen molar-refractivity contribution in [1.29, 1.82) is 0 Å². The molecule has 0 aromatic heterocycles. The Hall–Kier alpha value is -2.64. The van der Waals surface area contributed by atoms with Crippen LogP contribution in [0.15, 0.2) is 36.4 Å². The molecule has 0 atom stereocenters. The third-order valence-corrected chi connectivity index (χ3v) is 3.70. The van der Waals surface area contributed by atoms with Crippen molar-refractivity contribution in [2.45, 2.75) is 24.7 Å². The molecule has 0 saturated carbocycles. The highest BCUT2D eigenvalue weighted by atomic mass is 19.4. The van der Waals surface area contributed by atoms with Crippen LogP contribution >= 0.6 is 0 Å². The van der Waals surface area contributed by atoms with E-state index in [1.807, 2.05) is 0 Å². The van der Waals surface area contributed by atoms with Gasteiger partial charge in [-0.25, -0.2) is 5.84 Å². The van der Waals surface area contributed by atoms with Gasteiger partial charge in [0.1, 0.15) is 0 Å². The van der Waals surface area contributed by atoms with E-state index in [0.29, 0.717) is 0 Å². The van der Waals surface area contributed by atoms with Crippen molar-refractivity contribution < 1.29 is 52.7 Å². The van der Waals surface area contributed by atoms with Crippen molar-refractivity contribution in [3.8, 4) is 0 Å². The van der Waals surface area contributed by atoms with Crippen LogP contribution < -0.4 is 10.9 Å². The molecule has 2 N–H and O–H groups in total. The largest absolute Gasteiger partial charge is 0.416 e. The van der Waals surface area contributed by atoms with Crippen molar-refractivity contribution in [2.24, 2.45) is 5.84 Å². The first-order chi connectivity index (χ1) is 13.3. The molecule has 0 radical (unpaired) electrons. The van der Waals surface area contributed by atoms with E-state index in [4.69, 9.17) is 5.84 Å². The fourth-order valence-electron chi connectivity index (χ4n) is 2.30. The molecule has 0 heterocycles. The number of hydrogen-bond acceptors (Lipinski definition) is 2. The van der Waals surface area contributed by atoms with Gasteiger partial charge >= 0.3 is 24.7 Å². The quantitative estimate of drug-likeness (QED) is 0.307. The molecule has 0 bridgehead atoms. The monoisotopic (exact) mass is 456 g/mol. The molecule has 166 valence electrons. The zero-order valence-electron chi connectivity index (χ0n) is 14.0. The normalized spacial score (nSPS) is 13.5. The highest BCUT2D eigenvalue weighted by Gasteiger charge is 2.39. The molecule has 0 amide bonds. The SMILES string of the molecule is NN(c1cc(C(F)(F)F)cc(C(F)(F)F)c1)c1cc(C(F)(F)F)cc(C(F)(F)F)c1. The third-order valence-electron chi connectivity index (χ3n) is 3.70. The maximum absolute atomic E-state index is 12.9. The van der Waals surface area contributed by atoms with Crippen molar-refractivity contribution in [2.75, 3.05) is 5.01 Å².